The molecule has 2 rings (SSSR count). The summed E-state index contributed by atoms with van der Waals surface area (Å²) < 4.78 is 5.32. The Hall–Kier alpha value is -1.97. The molecule has 1 aromatic rings. The number of anilines is 1. The van der Waals surface area contributed by atoms with E-state index in [4.69, 9.17) is 4.74 Å². The van der Waals surface area contributed by atoms with Crippen LogP contribution in [0.5, 0.6) is 5.75 Å². The third kappa shape index (κ3) is 2.64. The summed E-state index contributed by atoms with van der Waals surface area (Å²) in [5, 5.41) is 6.14. The van der Waals surface area contributed by atoms with Gasteiger partial charge in [-0.25, -0.2) is 0 Å². The van der Waals surface area contributed by atoms with E-state index in [1.807, 2.05) is 25.1 Å². The third-order valence-electron chi connectivity index (χ3n) is 3.07. The first-order chi connectivity index (χ1) is 8.60. The Balaban J connectivity index is 2.16. The highest BCUT2D eigenvalue weighted by atomic mass is 16.5. The van der Waals surface area contributed by atoms with Crippen LogP contribution in [0.2, 0.25) is 0 Å². The molecule has 0 spiro atoms. The smallest absolute Gasteiger partial charge is 0.224 e. The minimum atomic E-state index is 0.0363. The number of hydrogen-bond donors (Lipinski definition) is 2. The van der Waals surface area contributed by atoms with E-state index in [1.165, 1.54) is 0 Å². The maximum Gasteiger partial charge on any atom is 0.224 e. The van der Waals surface area contributed by atoms with Crippen LogP contribution in [0.1, 0.15) is 18.4 Å². The zero-order valence-corrected chi connectivity index (χ0v) is 10.7. The molecule has 1 amide bonds. The Kier molecular flexibility index (Phi) is 3.55. The summed E-state index contributed by atoms with van der Waals surface area (Å²) in [7, 11) is 1.65. The first-order valence-electron chi connectivity index (χ1n) is 6.00. The van der Waals surface area contributed by atoms with Gasteiger partial charge in [0.2, 0.25) is 5.91 Å². The summed E-state index contributed by atoms with van der Waals surface area (Å²) in [6.07, 6.45) is 1.27. The van der Waals surface area contributed by atoms with Gasteiger partial charge in [-0.2, -0.15) is 0 Å². The van der Waals surface area contributed by atoms with Gasteiger partial charge in [0.1, 0.15) is 5.75 Å². The Labute approximate surface area is 107 Å². The van der Waals surface area contributed by atoms with E-state index in [0.29, 0.717) is 6.42 Å². The number of piperidine rings is 1. The summed E-state index contributed by atoms with van der Waals surface area (Å²) >= 11 is 0. The van der Waals surface area contributed by atoms with Gasteiger partial charge < -0.3 is 15.4 Å². The summed E-state index contributed by atoms with van der Waals surface area (Å²) in [6.45, 7) is 5.91. The van der Waals surface area contributed by atoms with Crippen molar-refractivity contribution < 1.29 is 9.53 Å². The molecule has 0 aromatic heterocycles. The molecular weight excluding hydrogens is 228 g/mol. The fourth-order valence-corrected chi connectivity index (χ4v) is 2.06. The number of rotatable bonds is 3. The molecule has 1 aromatic carbocycles. The molecule has 96 valence electrons. The zero-order chi connectivity index (χ0) is 13.1. The van der Waals surface area contributed by atoms with E-state index in [2.05, 4.69) is 17.2 Å². The minimum absolute atomic E-state index is 0.0363. The molecule has 18 heavy (non-hydrogen) atoms. The van der Waals surface area contributed by atoms with E-state index < -0.39 is 0 Å². The van der Waals surface area contributed by atoms with E-state index in [-0.39, 0.29) is 11.9 Å². The van der Waals surface area contributed by atoms with Crippen LogP contribution in [-0.2, 0) is 4.79 Å². The van der Waals surface area contributed by atoms with Crippen molar-refractivity contribution in [2.75, 3.05) is 12.4 Å². The number of amides is 1. The lowest BCUT2D eigenvalue weighted by Gasteiger charge is -2.27. The lowest BCUT2D eigenvalue weighted by atomic mass is 10.0. The van der Waals surface area contributed by atoms with Crippen molar-refractivity contribution in [2.24, 2.45) is 0 Å². The molecule has 0 aliphatic carbocycles. The van der Waals surface area contributed by atoms with Crippen LogP contribution in [0.15, 0.2) is 30.5 Å². The number of ether oxygens (including phenoxy) is 1. The minimum Gasteiger partial charge on any atom is -0.495 e. The standard InChI is InChI=1S/C14H18N2O2/c1-9-4-6-13(18-3)12(8-9)16-11-5-7-14(17)15-10(11)2/h4,6,8,11,16H,2,5,7H2,1,3H3,(H,15,17). The van der Waals surface area contributed by atoms with E-state index in [1.54, 1.807) is 7.11 Å². The molecule has 0 bridgehead atoms. The summed E-state index contributed by atoms with van der Waals surface area (Å²) in [4.78, 5) is 11.2. The fraction of sp³-hybridized carbons (Fsp3) is 0.357. The molecule has 1 aliphatic rings. The van der Waals surface area contributed by atoms with E-state index >= 15 is 0 Å². The molecule has 0 saturated carbocycles. The molecule has 1 fully saturated rings. The molecule has 1 unspecified atom stereocenters. The summed E-state index contributed by atoms with van der Waals surface area (Å²) in [6, 6.07) is 6.02. The van der Waals surface area contributed by atoms with Gasteiger partial charge in [0.25, 0.3) is 0 Å². The predicted octanol–water partition coefficient (Wildman–Crippen LogP) is 2.21. The molecule has 4 heteroatoms. The van der Waals surface area contributed by atoms with Gasteiger partial charge in [0, 0.05) is 12.1 Å². The highest BCUT2D eigenvalue weighted by molar-refractivity contribution is 5.79. The Morgan fingerprint density at radius 3 is 2.94 bits per heavy atom. The van der Waals surface area contributed by atoms with Gasteiger partial charge in [-0.1, -0.05) is 12.6 Å². The van der Waals surface area contributed by atoms with E-state index in [0.717, 1.165) is 29.1 Å². The SMILES string of the molecule is C=C1NC(=O)CCC1Nc1cc(C)ccc1OC. The van der Waals surface area contributed by atoms with Crippen molar-refractivity contribution >= 4 is 11.6 Å². The Bertz CT molecular complexity index is 483. The van der Waals surface area contributed by atoms with Crippen LogP contribution >= 0.6 is 0 Å². The van der Waals surface area contributed by atoms with E-state index in [9.17, 15) is 4.79 Å². The van der Waals surface area contributed by atoms with Crippen LogP contribution in [0.4, 0.5) is 5.69 Å². The number of methoxy groups -OCH3 is 1. The van der Waals surface area contributed by atoms with Crippen molar-refractivity contribution in [1.82, 2.24) is 5.32 Å². The molecule has 1 heterocycles. The quantitative estimate of drug-likeness (QED) is 0.859. The molecular formula is C14H18N2O2. The Morgan fingerprint density at radius 2 is 2.28 bits per heavy atom. The summed E-state index contributed by atoms with van der Waals surface area (Å²) in [5.74, 6) is 0.833. The number of carbonyl (C=O) groups is 1. The van der Waals surface area contributed by atoms with Crippen molar-refractivity contribution in [3.05, 3.63) is 36.0 Å². The number of aryl methyl sites for hydroxylation is 1. The monoisotopic (exact) mass is 246 g/mol. The van der Waals surface area contributed by atoms with Gasteiger partial charge in [0.15, 0.2) is 0 Å². The van der Waals surface area contributed by atoms with Crippen molar-refractivity contribution in [3.8, 4) is 5.75 Å². The maximum absolute atomic E-state index is 11.2. The molecule has 0 radical (unpaired) electrons. The molecule has 1 aliphatic heterocycles. The van der Waals surface area contributed by atoms with Gasteiger partial charge in [-0.15, -0.1) is 0 Å². The lowest BCUT2D eigenvalue weighted by Crippen LogP contribution is -2.39. The largest absolute Gasteiger partial charge is 0.495 e. The fourth-order valence-electron chi connectivity index (χ4n) is 2.06. The average molecular weight is 246 g/mol. The Morgan fingerprint density at radius 1 is 1.50 bits per heavy atom. The second-order valence-electron chi connectivity index (χ2n) is 4.51. The first kappa shape index (κ1) is 12.5. The molecule has 1 atom stereocenters. The first-order valence-corrected chi connectivity index (χ1v) is 6.00. The van der Waals surface area contributed by atoms with Crippen LogP contribution in [-0.4, -0.2) is 19.1 Å². The molecule has 1 saturated heterocycles. The topological polar surface area (TPSA) is 50.4 Å². The number of benzene rings is 1. The van der Waals surface area contributed by atoms with Crippen molar-refractivity contribution in [1.29, 1.82) is 0 Å². The van der Waals surface area contributed by atoms with Gasteiger partial charge in [0.05, 0.1) is 18.8 Å². The third-order valence-corrected chi connectivity index (χ3v) is 3.07. The molecule has 4 nitrogen and oxygen atoms in total. The van der Waals surface area contributed by atoms with Crippen molar-refractivity contribution in [3.63, 3.8) is 0 Å². The van der Waals surface area contributed by atoms with Crippen molar-refractivity contribution in [2.45, 2.75) is 25.8 Å². The number of hydrogen-bond acceptors (Lipinski definition) is 3. The van der Waals surface area contributed by atoms with Gasteiger partial charge in [-0.05, 0) is 31.0 Å². The lowest BCUT2D eigenvalue weighted by molar-refractivity contribution is -0.121. The normalized spacial score (nSPS) is 19.3. The number of nitrogens with one attached hydrogen (secondary N) is 2. The predicted molar refractivity (Wildman–Crippen MR) is 71.7 cm³/mol. The van der Waals surface area contributed by atoms with Crippen LogP contribution in [0.3, 0.4) is 0 Å². The van der Waals surface area contributed by atoms with Crippen LogP contribution in [0.25, 0.3) is 0 Å². The number of carbonyl (C=O) groups excluding carboxylic acids is 1. The highest BCUT2D eigenvalue weighted by Gasteiger charge is 2.22. The second-order valence-corrected chi connectivity index (χ2v) is 4.51. The van der Waals surface area contributed by atoms with Gasteiger partial charge >= 0.3 is 0 Å². The maximum atomic E-state index is 11.2. The second kappa shape index (κ2) is 5.12. The molecule has 2 N–H and O–H groups in total. The van der Waals surface area contributed by atoms with Crippen LogP contribution < -0.4 is 15.4 Å². The van der Waals surface area contributed by atoms with Crippen LogP contribution in [0, 0.1) is 6.92 Å². The van der Waals surface area contributed by atoms with Gasteiger partial charge in [-0.3, -0.25) is 4.79 Å². The summed E-state index contributed by atoms with van der Waals surface area (Å²) in [5.41, 5.74) is 2.80. The average Bonchev–Trinajstić information content (AvgIpc) is 2.33. The highest BCUT2D eigenvalue weighted by Crippen LogP contribution is 2.28. The zero-order valence-electron chi connectivity index (χ0n) is 10.7.